The summed E-state index contributed by atoms with van der Waals surface area (Å²) in [5.74, 6) is -0.150. The number of hydrogen-bond donors (Lipinski definition) is 3. The van der Waals surface area contributed by atoms with E-state index < -0.39 is 0 Å². The van der Waals surface area contributed by atoms with Crippen LogP contribution < -0.4 is 16.0 Å². The zero-order valence-corrected chi connectivity index (χ0v) is 14.7. The SMILES string of the molecule is CC(=O)Nc1cccc([C@@H](C)NC(=O)Nc2cc(Cl)cc(Cl)c2)c1. The standard InChI is InChI=1S/C17H17Cl2N3O2/c1-10(12-4-3-5-15(6-12)21-11(2)23)20-17(24)22-16-8-13(18)7-14(19)9-16/h3-10H,1-2H3,(H,21,23)(H2,20,22,24)/t10-/m1/s1. The first-order chi connectivity index (χ1) is 11.3. The van der Waals surface area contributed by atoms with E-state index in [1.165, 1.54) is 6.92 Å². The largest absolute Gasteiger partial charge is 0.331 e. The molecule has 0 unspecified atom stereocenters. The molecule has 0 fully saturated rings. The van der Waals surface area contributed by atoms with Crippen molar-refractivity contribution in [2.24, 2.45) is 0 Å². The molecule has 24 heavy (non-hydrogen) atoms. The molecule has 0 radical (unpaired) electrons. The third-order valence-electron chi connectivity index (χ3n) is 3.18. The molecular weight excluding hydrogens is 349 g/mol. The van der Waals surface area contributed by atoms with Gasteiger partial charge >= 0.3 is 6.03 Å². The lowest BCUT2D eigenvalue weighted by molar-refractivity contribution is -0.114. The van der Waals surface area contributed by atoms with Crippen LogP contribution in [0, 0.1) is 0 Å². The fourth-order valence-electron chi connectivity index (χ4n) is 2.16. The van der Waals surface area contributed by atoms with Crippen molar-refractivity contribution in [3.63, 3.8) is 0 Å². The van der Waals surface area contributed by atoms with Crippen LogP contribution in [0.15, 0.2) is 42.5 Å². The van der Waals surface area contributed by atoms with E-state index in [1.807, 2.05) is 25.1 Å². The first-order valence-corrected chi connectivity index (χ1v) is 8.00. The number of urea groups is 1. The van der Waals surface area contributed by atoms with Crippen LogP contribution in [0.1, 0.15) is 25.5 Å². The Morgan fingerprint density at radius 2 is 1.62 bits per heavy atom. The molecule has 5 nitrogen and oxygen atoms in total. The molecule has 3 amide bonds. The summed E-state index contributed by atoms with van der Waals surface area (Å²) in [6.07, 6.45) is 0. The van der Waals surface area contributed by atoms with Crippen molar-refractivity contribution in [1.29, 1.82) is 0 Å². The van der Waals surface area contributed by atoms with Crippen LogP contribution >= 0.6 is 23.2 Å². The second-order valence-electron chi connectivity index (χ2n) is 5.28. The normalized spacial score (nSPS) is 11.5. The molecule has 0 spiro atoms. The quantitative estimate of drug-likeness (QED) is 0.725. The highest BCUT2D eigenvalue weighted by atomic mass is 35.5. The number of amides is 3. The summed E-state index contributed by atoms with van der Waals surface area (Å²) in [5, 5.41) is 9.08. The number of halogens is 2. The molecule has 0 aliphatic carbocycles. The predicted molar refractivity (Wildman–Crippen MR) is 97.8 cm³/mol. The highest BCUT2D eigenvalue weighted by molar-refractivity contribution is 6.35. The van der Waals surface area contributed by atoms with Gasteiger partial charge in [-0.05, 0) is 42.8 Å². The van der Waals surface area contributed by atoms with Crippen molar-refractivity contribution in [2.45, 2.75) is 19.9 Å². The van der Waals surface area contributed by atoms with E-state index in [-0.39, 0.29) is 18.0 Å². The van der Waals surface area contributed by atoms with Crippen molar-refractivity contribution >= 4 is 46.5 Å². The Morgan fingerprint density at radius 3 is 2.25 bits per heavy atom. The fraction of sp³-hybridized carbons (Fsp3) is 0.176. The molecule has 1 atom stereocenters. The number of hydrogen-bond acceptors (Lipinski definition) is 2. The lowest BCUT2D eigenvalue weighted by atomic mass is 10.1. The zero-order chi connectivity index (χ0) is 17.7. The number of rotatable bonds is 4. The van der Waals surface area contributed by atoms with E-state index in [0.717, 1.165) is 5.56 Å². The highest BCUT2D eigenvalue weighted by Crippen LogP contribution is 2.23. The maximum absolute atomic E-state index is 12.1. The van der Waals surface area contributed by atoms with Gasteiger partial charge in [-0.15, -0.1) is 0 Å². The molecule has 126 valence electrons. The molecule has 3 N–H and O–H groups in total. The first kappa shape index (κ1) is 18.1. The smallest absolute Gasteiger partial charge is 0.319 e. The lowest BCUT2D eigenvalue weighted by Crippen LogP contribution is -2.31. The van der Waals surface area contributed by atoms with Crippen molar-refractivity contribution in [3.05, 3.63) is 58.1 Å². The molecule has 0 heterocycles. The van der Waals surface area contributed by atoms with Crippen LogP contribution in [0.3, 0.4) is 0 Å². The zero-order valence-electron chi connectivity index (χ0n) is 13.2. The maximum Gasteiger partial charge on any atom is 0.319 e. The van der Waals surface area contributed by atoms with Crippen molar-refractivity contribution in [3.8, 4) is 0 Å². The summed E-state index contributed by atoms with van der Waals surface area (Å²) < 4.78 is 0. The average Bonchev–Trinajstić information content (AvgIpc) is 2.45. The highest BCUT2D eigenvalue weighted by Gasteiger charge is 2.11. The molecule has 2 aromatic rings. The Morgan fingerprint density at radius 1 is 0.958 bits per heavy atom. The van der Waals surface area contributed by atoms with Gasteiger partial charge in [-0.25, -0.2) is 4.79 Å². The Kier molecular flexibility index (Phi) is 6.06. The molecule has 0 aromatic heterocycles. The van der Waals surface area contributed by atoms with E-state index in [4.69, 9.17) is 23.2 Å². The molecule has 0 aliphatic rings. The maximum atomic E-state index is 12.1. The number of carbonyl (C=O) groups excluding carboxylic acids is 2. The summed E-state index contributed by atoms with van der Waals surface area (Å²) in [6, 6.07) is 11.4. The number of nitrogens with one attached hydrogen (secondary N) is 3. The third kappa shape index (κ3) is 5.44. The second kappa shape index (κ2) is 8.04. The van der Waals surface area contributed by atoms with Crippen LogP contribution in [-0.4, -0.2) is 11.9 Å². The number of anilines is 2. The molecule has 0 bridgehead atoms. The van der Waals surface area contributed by atoms with E-state index in [1.54, 1.807) is 24.3 Å². The van der Waals surface area contributed by atoms with Crippen LogP contribution in [0.2, 0.25) is 10.0 Å². The van der Waals surface area contributed by atoms with E-state index in [0.29, 0.717) is 21.4 Å². The molecule has 2 aromatic carbocycles. The van der Waals surface area contributed by atoms with Crippen molar-refractivity contribution < 1.29 is 9.59 Å². The van der Waals surface area contributed by atoms with Gasteiger partial charge in [0.25, 0.3) is 0 Å². The van der Waals surface area contributed by atoms with Crippen LogP contribution in [0.4, 0.5) is 16.2 Å². The van der Waals surface area contributed by atoms with E-state index in [9.17, 15) is 9.59 Å². The second-order valence-corrected chi connectivity index (χ2v) is 6.16. The average molecular weight is 366 g/mol. The summed E-state index contributed by atoms with van der Waals surface area (Å²) in [5.41, 5.74) is 2.04. The van der Waals surface area contributed by atoms with Gasteiger partial charge in [-0.3, -0.25) is 4.79 Å². The van der Waals surface area contributed by atoms with Crippen LogP contribution in [-0.2, 0) is 4.79 Å². The van der Waals surface area contributed by atoms with Crippen LogP contribution in [0.5, 0.6) is 0 Å². The van der Waals surface area contributed by atoms with Gasteiger partial charge in [-0.1, -0.05) is 35.3 Å². The van der Waals surface area contributed by atoms with Crippen molar-refractivity contribution in [1.82, 2.24) is 5.32 Å². The molecule has 7 heteroatoms. The Bertz CT molecular complexity index is 745. The topological polar surface area (TPSA) is 70.2 Å². The van der Waals surface area contributed by atoms with Gasteiger partial charge in [0.15, 0.2) is 0 Å². The number of benzene rings is 2. The number of carbonyl (C=O) groups is 2. The van der Waals surface area contributed by atoms with E-state index >= 15 is 0 Å². The molecule has 0 saturated heterocycles. The summed E-state index contributed by atoms with van der Waals surface area (Å²) >= 11 is 11.8. The third-order valence-corrected chi connectivity index (χ3v) is 3.61. The van der Waals surface area contributed by atoms with Crippen LogP contribution in [0.25, 0.3) is 0 Å². The molecule has 2 rings (SSSR count). The minimum absolute atomic E-state index is 0.150. The summed E-state index contributed by atoms with van der Waals surface area (Å²) in [4.78, 5) is 23.2. The van der Waals surface area contributed by atoms with E-state index in [2.05, 4.69) is 16.0 Å². The summed E-state index contributed by atoms with van der Waals surface area (Å²) in [7, 11) is 0. The Labute approximate surface area is 150 Å². The summed E-state index contributed by atoms with van der Waals surface area (Å²) in [6.45, 7) is 3.29. The lowest BCUT2D eigenvalue weighted by Gasteiger charge is -2.16. The molecule has 0 saturated carbocycles. The first-order valence-electron chi connectivity index (χ1n) is 7.24. The minimum Gasteiger partial charge on any atom is -0.331 e. The van der Waals surface area contributed by atoms with Gasteiger partial charge in [-0.2, -0.15) is 0 Å². The Balaban J connectivity index is 2.02. The predicted octanol–water partition coefficient (Wildman–Crippen LogP) is 4.83. The van der Waals surface area contributed by atoms with Gasteiger partial charge in [0.1, 0.15) is 0 Å². The van der Waals surface area contributed by atoms with Crippen molar-refractivity contribution in [2.75, 3.05) is 10.6 Å². The van der Waals surface area contributed by atoms with Gasteiger partial charge in [0.2, 0.25) is 5.91 Å². The molecular formula is C17H17Cl2N3O2. The van der Waals surface area contributed by atoms with Gasteiger partial charge < -0.3 is 16.0 Å². The molecule has 0 aliphatic heterocycles. The van der Waals surface area contributed by atoms with Gasteiger partial charge in [0, 0.05) is 28.3 Å². The van der Waals surface area contributed by atoms with Gasteiger partial charge in [0.05, 0.1) is 6.04 Å². The minimum atomic E-state index is -0.384. The fourth-order valence-corrected chi connectivity index (χ4v) is 2.69. The Hall–Kier alpha value is -2.24. The monoisotopic (exact) mass is 365 g/mol.